The van der Waals surface area contributed by atoms with E-state index in [0.717, 1.165) is 18.9 Å². The first kappa shape index (κ1) is 18.5. The van der Waals surface area contributed by atoms with Gasteiger partial charge in [-0.15, -0.1) is 12.4 Å². The Hall–Kier alpha value is -0.550. The number of benzene rings is 1. The summed E-state index contributed by atoms with van der Waals surface area (Å²) in [6.07, 6.45) is 1.77. The van der Waals surface area contributed by atoms with Crippen molar-refractivity contribution in [2.75, 3.05) is 13.1 Å². The third-order valence-corrected chi connectivity index (χ3v) is 4.35. The topological polar surface area (TPSA) is 46.3 Å². The van der Waals surface area contributed by atoms with E-state index in [2.05, 4.69) is 6.92 Å². The van der Waals surface area contributed by atoms with Crippen molar-refractivity contribution in [2.45, 2.75) is 25.8 Å². The van der Waals surface area contributed by atoms with Crippen molar-refractivity contribution in [1.29, 1.82) is 0 Å². The van der Waals surface area contributed by atoms with Crippen LogP contribution in [0.3, 0.4) is 0 Å². The molecule has 1 aliphatic heterocycles. The van der Waals surface area contributed by atoms with Gasteiger partial charge in [0.05, 0.1) is 15.6 Å². The maximum Gasteiger partial charge on any atom is 0.255 e. The number of hydrogen-bond acceptors (Lipinski definition) is 2. The molecule has 0 aliphatic carbocycles. The Labute approximate surface area is 140 Å². The minimum Gasteiger partial charge on any atom is -0.334 e. The minimum absolute atomic E-state index is 0. The first-order valence-corrected chi connectivity index (χ1v) is 7.35. The molecule has 2 rings (SSSR count). The number of rotatable bonds is 2. The molecule has 0 saturated carbocycles. The molecule has 118 valence electrons. The van der Waals surface area contributed by atoms with Gasteiger partial charge in [-0.3, -0.25) is 4.79 Å². The van der Waals surface area contributed by atoms with Crippen LogP contribution in [-0.4, -0.2) is 29.9 Å². The summed E-state index contributed by atoms with van der Waals surface area (Å²) >= 11 is 11.7. The molecule has 3 nitrogen and oxygen atoms in total. The molecule has 1 aliphatic rings. The van der Waals surface area contributed by atoms with Gasteiger partial charge in [-0.2, -0.15) is 0 Å². The molecule has 0 radical (unpaired) electrons. The highest BCUT2D eigenvalue weighted by molar-refractivity contribution is 6.36. The van der Waals surface area contributed by atoms with E-state index in [1.807, 2.05) is 0 Å². The molecule has 0 aromatic heterocycles. The minimum atomic E-state index is -0.644. The fourth-order valence-corrected chi connectivity index (χ4v) is 3.05. The summed E-state index contributed by atoms with van der Waals surface area (Å²) in [5.74, 6) is -0.396. The quantitative estimate of drug-likeness (QED) is 0.821. The molecular weight excluding hydrogens is 338 g/mol. The molecule has 21 heavy (non-hydrogen) atoms. The van der Waals surface area contributed by atoms with E-state index in [1.54, 1.807) is 4.90 Å². The van der Waals surface area contributed by atoms with Crippen LogP contribution in [0, 0.1) is 11.7 Å². The van der Waals surface area contributed by atoms with Gasteiger partial charge in [-0.1, -0.05) is 30.1 Å². The van der Waals surface area contributed by atoms with E-state index in [0.29, 0.717) is 19.0 Å². The number of likely N-dealkylation sites (tertiary alicyclic amines) is 1. The molecule has 2 atom stereocenters. The van der Waals surface area contributed by atoms with Crippen molar-refractivity contribution in [3.8, 4) is 0 Å². The number of halogens is 4. The van der Waals surface area contributed by atoms with Gasteiger partial charge in [0.1, 0.15) is 5.82 Å². The number of nitrogens with zero attached hydrogens (tertiary/aromatic N) is 1. The first-order valence-electron chi connectivity index (χ1n) is 6.59. The largest absolute Gasteiger partial charge is 0.334 e. The van der Waals surface area contributed by atoms with Crippen LogP contribution in [-0.2, 0) is 0 Å². The van der Waals surface area contributed by atoms with Crippen molar-refractivity contribution < 1.29 is 9.18 Å². The molecule has 1 saturated heterocycles. The van der Waals surface area contributed by atoms with E-state index in [4.69, 9.17) is 28.9 Å². The summed E-state index contributed by atoms with van der Waals surface area (Å²) in [7, 11) is 0. The van der Waals surface area contributed by atoms with Crippen LogP contribution in [0.1, 0.15) is 30.1 Å². The van der Waals surface area contributed by atoms with Crippen LogP contribution < -0.4 is 5.73 Å². The van der Waals surface area contributed by atoms with Crippen LogP contribution >= 0.6 is 35.6 Å². The first-order chi connectivity index (χ1) is 9.43. The molecule has 1 amide bonds. The van der Waals surface area contributed by atoms with Gasteiger partial charge in [0, 0.05) is 19.1 Å². The molecule has 0 bridgehead atoms. The summed E-state index contributed by atoms with van der Waals surface area (Å²) in [5.41, 5.74) is 5.88. The van der Waals surface area contributed by atoms with E-state index in [-0.39, 0.29) is 40.0 Å². The summed E-state index contributed by atoms with van der Waals surface area (Å²) < 4.78 is 13.5. The average Bonchev–Trinajstić information content (AvgIpc) is 2.42. The zero-order chi connectivity index (χ0) is 14.9. The predicted molar refractivity (Wildman–Crippen MR) is 85.9 cm³/mol. The number of amides is 1. The Morgan fingerprint density at radius 1 is 1.43 bits per heavy atom. The Morgan fingerprint density at radius 3 is 2.71 bits per heavy atom. The Balaban J connectivity index is 0.00000220. The van der Waals surface area contributed by atoms with Gasteiger partial charge in [0.2, 0.25) is 0 Å². The lowest BCUT2D eigenvalue weighted by Gasteiger charge is -2.38. The fourth-order valence-electron chi connectivity index (χ4n) is 2.58. The molecule has 1 heterocycles. The summed E-state index contributed by atoms with van der Waals surface area (Å²) in [6, 6.07) is 2.33. The second-order valence-electron chi connectivity index (χ2n) is 5.26. The van der Waals surface area contributed by atoms with Crippen molar-refractivity contribution in [3.63, 3.8) is 0 Å². The van der Waals surface area contributed by atoms with Gasteiger partial charge >= 0.3 is 0 Å². The third-order valence-electron chi connectivity index (χ3n) is 3.75. The highest BCUT2D eigenvalue weighted by Crippen LogP contribution is 2.28. The van der Waals surface area contributed by atoms with E-state index in [1.165, 1.54) is 6.07 Å². The Morgan fingerprint density at radius 2 is 2.10 bits per heavy atom. The SMILES string of the molecule is CC1CCN(C(=O)c2cc(F)c(Cl)cc2Cl)C(CN)C1.Cl. The molecule has 2 N–H and O–H groups in total. The van der Waals surface area contributed by atoms with Crippen molar-refractivity contribution >= 4 is 41.5 Å². The second kappa shape index (κ2) is 7.63. The van der Waals surface area contributed by atoms with E-state index >= 15 is 0 Å². The third kappa shape index (κ3) is 4.01. The molecule has 1 aromatic carbocycles. The summed E-state index contributed by atoms with van der Waals surface area (Å²) in [4.78, 5) is 14.2. The average molecular weight is 356 g/mol. The van der Waals surface area contributed by atoms with E-state index < -0.39 is 5.82 Å². The summed E-state index contributed by atoms with van der Waals surface area (Å²) in [6.45, 7) is 3.14. The number of nitrogens with two attached hydrogens (primary N) is 1. The van der Waals surface area contributed by atoms with Crippen LogP contribution in [0.15, 0.2) is 12.1 Å². The molecule has 0 spiro atoms. The lowest BCUT2D eigenvalue weighted by molar-refractivity contribution is 0.0573. The number of piperidine rings is 1. The lowest BCUT2D eigenvalue weighted by Crippen LogP contribution is -2.49. The smallest absolute Gasteiger partial charge is 0.255 e. The normalized spacial score (nSPS) is 21.9. The summed E-state index contributed by atoms with van der Waals surface area (Å²) in [5, 5.41) is 0.0741. The Bertz CT molecular complexity index is 527. The molecule has 2 unspecified atom stereocenters. The maximum absolute atomic E-state index is 13.5. The second-order valence-corrected chi connectivity index (χ2v) is 6.08. The highest BCUT2D eigenvalue weighted by Gasteiger charge is 2.30. The van der Waals surface area contributed by atoms with Crippen molar-refractivity contribution in [2.24, 2.45) is 11.7 Å². The monoisotopic (exact) mass is 354 g/mol. The zero-order valence-corrected chi connectivity index (χ0v) is 13.9. The maximum atomic E-state index is 13.5. The number of hydrogen-bond donors (Lipinski definition) is 1. The van der Waals surface area contributed by atoms with Crippen LogP contribution in [0.5, 0.6) is 0 Å². The van der Waals surface area contributed by atoms with Crippen LogP contribution in [0.25, 0.3) is 0 Å². The van der Waals surface area contributed by atoms with Gasteiger partial charge in [0.25, 0.3) is 5.91 Å². The molecule has 1 aromatic rings. The Kier molecular flexibility index (Phi) is 6.72. The van der Waals surface area contributed by atoms with Crippen molar-refractivity contribution in [1.82, 2.24) is 4.90 Å². The lowest BCUT2D eigenvalue weighted by atomic mass is 9.92. The number of carbonyl (C=O) groups is 1. The highest BCUT2D eigenvalue weighted by atomic mass is 35.5. The van der Waals surface area contributed by atoms with Crippen LogP contribution in [0.4, 0.5) is 4.39 Å². The van der Waals surface area contributed by atoms with Gasteiger partial charge in [-0.25, -0.2) is 4.39 Å². The standard InChI is InChI=1S/C14H17Cl2FN2O.ClH/c1-8-2-3-19(9(4-8)7-18)14(20)10-5-13(17)12(16)6-11(10)15;/h5-6,8-9H,2-4,7,18H2,1H3;1H. The van der Waals surface area contributed by atoms with Crippen LogP contribution in [0.2, 0.25) is 10.0 Å². The molecular formula is C14H18Cl3FN2O. The van der Waals surface area contributed by atoms with Crippen molar-refractivity contribution in [3.05, 3.63) is 33.6 Å². The molecule has 1 fully saturated rings. The van der Waals surface area contributed by atoms with Gasteiger partial charge in [-0.05, 0) is 30.9 Å². The predicted octanol–water partition coefficient (Wildman–Crippen LogP) is 3.75. The van der Waals surface area contributed by atoms with Gasteiger partial charge < -0.3 is 10.6 Å². The fraction of sp³-hybridized carbons (Fsp3) is 0.500. The zero-order valence-electron chi connectivity index (χ0n) is 11.6. The molecule has 7 heteroatoms. The van der Waals surface area contributed by atoms with Gasteiger partial charge in [0.15, 0.2) is 0 Å². The number of carbonyl (C=O) groups excluding carboxylic acids is 1. The van der Waals surface area contributed by atoms with E-state index in [9.17, 15) is 9.18 Å².